The zero-order chi connectivity index (χ0) is 17.0. The Balaban J connectivity index is 1.57. The van der Waals surface area contributed by atoms with Gasteiger partial charge in [-0.2, -0.15) is 0 Å². The molecule has 2 rings (SSSR count). The van der Waals surface area contributed by atoms with E-state index in [2.05, 4.69) is 57.5 Å². The van der Waals surface area contributed by atoms with Crippen LogP contribution in [0.3, 0.4) is 0 Å². The first-order chi connectivity index (χ1) is 11.8. The molecule has 0 bridgehead atoms. The van der Waals surface area contributed by atoms with Crippen LogP contribution >= 0.6 is 11.3 Å². The van der Waals surface area contributed by atoms with E-state index >= 15 is 0 Å². The Kier molecular flexibility index (Phi) is 8.18. The summed E-state index contributed by atoms with van der Waals surface area (Å²) in [5, 5.41) is 12.3. The third-order valence-electron chi connectivity index (χ3n) is 3.72. The minimum Gasteiger partial charge on any atom is -0.385 e. The molecule has 1 aromatic carbocycles. The van der Waals surface area contributed by atoms with Crippen LogP contribution in [-0.2, 0) is 6.42 Å². The molecule has 0 amide bonds. The maximum Gasteiger partial charge on any atom is 0.190 e. The molecule has 0 saturated heterocycles. The lowest BCUT2D eigenvalue weighted by Gasteiger charge is -2.15. The first-order valence-electron chi connectivity index (χ1n) is 8.53. The summed E-state index contributed by atoms with van der Waals surface area (Å²) in [4.78, 5) is 5.73. The van der Waals surface area contributed by atoms with E-state index in [0.717, 1.165) is 38.4 Å². The third kappa shape index (κ3) is 7.04. The van der Waals surface area contributed by atoms with Gasteiger partial charge in [-0.05, 0) is 42.3 Å². The molecule has 3 N–H and O–H groups in total. The molecule has 4 nitrogen and oxygen atoms in total. The second-order valence-corrected chi connectivity index (χ2v) is 6.95. The van der Waals surface area contributed by atoms with Gasteiger partial charge < -0.3 is 16.0 Å². The standard InChI is InChI=1S/C19H28N4S/c1-16(14-18-10-6-13-24-18)15-23-19(20-2)22-12-7-11-21-17-8-4-3-5-9-17/h3-6,8-10,13,16,21H,7,11-12,14-15H2,1-2H3,(H2,20,22,23). The molecule has 0 saturated carbocycles. The van der Waals surface area contributed by atoms with Crippen LogP contribution in [0.5, 0.6) is 0 Å². The molecule has 0 radical (unpaired) electrons. The van der Waals surface area contributed by atoms with E-state index in [0.29, 0.717) is 5.92 Å². The van der Waals surface area contributed by atoms with E-state index in [9.17, 15) is 0 Å². The van der Waals surface area contributed by atoms with Crippen molar-refractivity contribution in [1.29, 1.82) is 0 Å². The Morgan fingerprint density at radius 2 is 1.92 bits per heavy atom. The van der Waals surface area contributed by atoms with Crippen molar-refractivity contribution in [3.63, 3.8) is 0 Å². The molecule has 0 fully saturated rings. The Hall–Kier alpha value is -2.01. The lowest BCUT2D eigenvalue weighted by molar-refractivity contribution is 0.561. The number of nitrogens with one attached hydrogen (secondary N) is 3. The SMILES string of the molecule is CN=C(NCCCNc1ccccc1)NCC(C)Cc1cccs1. The van der Waals surface area contributed by atoms with Crippen molar-refractivity contribution < 1.29 is 0 Å². The molecule has 1 unspecified atom stereocenters. The highest BCUT2D eigenvalue weighted by atomic mass is 32.1. The highest BCUT2D eigenvalue weighted by Gasteiger charge is 2.05. The molecule has 1 heterocycles. The molecule has 1 atom stereocenters. The van der Waals surface area contributed by atoms with Crippen molar-refractivity contribution in [2.75, 3.05) is 32.0 Å². The van der Waals surface area contributed by atoms with Crippen molar-refractivity contribution in [1.82, 2.24) is 10.6 Å². The number of para-hydroxylation sites is 1. The van der Waals surface area contributed by atoms with E-state index in [4.69, 9.17) is 0 Å². The quantitative estimate of drug-likeness (QED) is 0.370. The van der Waals surface area contributed by atoms with Crippen LogP contribution in [0.1, 0.15) is 18.2 Å². The molecule has 1 aromatic heterocycles. The van der Waals surface area contributed by atoms with Gasteiger partial charge in [-0.25, -0.2) is 0 Å². The highest BCUT2D eigenvalue weighted by molar-refractivity contribution is 7.09. The van der Waals surface area contributed by atoms with Crippen LogP contribution < -0.4 is 16.0 Å². The minimum atomic E-state index is 0.585. The van der Waals surface area contributed by atoms with Gasteiger partial charge in [-0.1, -0.05) is 31.2 Å². The van der Waals surface area contributed by atoms with Gasteiger partial charge in [0.1, 0.15) is 0 Å². The predicted molar refractivity (Wildman–Crippen MR) is 106 cm³/mol. The molecular weight excluding hydrogens is 316 g/mol. The fourth-order valence-corrected chi connectivity index (χ4v) is 3.29. The van der Waals surface area contributed by atoms with Crippen LogP contribution in [0.15, 0.2) is 52.8 Å². The van der Waals surface area contributed by atoms with Gasteiger partial charge in [0.25, 0.3) is 0 Å². The summed E-state index contributed by atoms with van der Waals surface area (Å²) in [5.74, 6) is 1.47. The summed E-state index contributed by atoms with van der Waals surface area (Å²) in [6.07, 6.45) is 2.16. The second kappa shape index (κ2) is 10.7. The Labute approximate surface area is 149 Å². The molecule has 0 aliphatic heterocycles. The average Bonchev–Trinajstić information content (AvgIpc) is 3.11. The second-order valence-electron chi connectivity index (χ2n) is 5.91. The molecular formula is C19H28N4S. The van der Waals surface area contributed by atoms with Gasteiger partial charge in [0.05, 0.1) is 0 Å². The lowest BCUT2D eigenvalue weighted by atomic mass is 10.1. The molecule has 0 aliphatic rings. The van der Waals surface area contributed by atoms with Gasteiger partial charge in [-0.3, -0.25) is 4.99 Å². The van der Waals surface area contributed by atoms with Gasteiger partial charge in [0, 0.05) is 37.2 Å². The number of hydrogen-bond donors (Lipinski definition) is 3. The number of hydrogen-bond acceptors (Lipinski definition) is 3. The monoisotopic (exact) mass is 344 g/mol. The molecule has 2 aromatic rings. The lowest BCUT2D eigenvalue weighted by Crippen LogP contribution is -2.40. The van der Waals surface area contributed by atoms with Gasteiger partial charge in [-0.15, -0.1) is 11.3 Å². The summed E-state index contributed by atoms with van der Waals surface area (Å²) >= 11 is 1.83. The summed E-state index contributed by atoms with van der Waals surface area (Å²) in [6.45, 7) is 5.05. The van der Waals surface area contributed by atoms with E-state index in [1.807, 2.05) is 36.6 Å². The molecule has 0 spiro atoms. The number of thiophene rings is 1. The maximum absolute atomic E-state index is 4.29. The number of anilines is 1. The predicted octanol–water partition coefficient (Wildman–Crippen LogP) is 3.59. The van der Waals surface area contributed by atoms with E-state index in [1.54, 1.807) is 0 Å². The van der Waals surface area contributed by atoms with Crippen molar-refractivity contribution in [2.24, 2.45) is 10.9 Å². The van der Waals surface area contributed by atoms with E-state index < -0.39 is 0 Å². The summed E-state index contributed by atoms with van der Waals surface area (Å²) < 4.78 is 0. The van der Waals surface area contributed by atoms with Crippen LogP contribution in [0.2, 0.25) is 0 Å². The molecule has 24 heavy (non-hydrogen) atoms. The smallest absolute Gasteiger partial charge is 0.190 e. The highest BCUT2D eigenvalue weighted by Crippen LogP contribution is 2.13. The van der Waals surface area contributed by atoms with Crippen LogP contribution in [-0.4, -0.2) is 32.6 Å². The zero-order valence-electron chi connectivity index (χ0n) is 14.6. The average molecular weight is 345 g/mol. The van der Waals surface area contributed by atoms with Crippen molar-refractivity contribution >= 4 is 23.0 Å². The van der Waals surface area contributed by atoms with E-state index in [-0.39, 0.29) is 0 Å². The Morgan fingerprint density at radius 1 is 1.08 bits per heavy atom. The minimum absolute atomic E-state index is 0.585. The van der Waals surface area contributed by atoms with Crippen LogP contribution in [0.4, 0.5) is 5.69 Å². The third-order valence-corrected chi connectivity index (χ3v) is 4.62. The summed E-state index contributed by atoms with van der Waals surface area (Å²) in [6, 6.07) is 14.6. The molecule has 5 heteroatoms. The number of guanidine groups is 1. The molecule has 130 valence electrons. The van der Waals surface area contributed by atoms with Gasteiger partial charge >= 0.3 is 0 Å². The van der Waals surface area contributed by atoms with Crippen molar-refractivity contribution in [3.8, 4) is 0 Å². The largest absolute Gasteiger partial charge is 0.385 e. The molecule has 0 aliphatic carbocycles. The fourth-order valence-electron chi connectivity index (χ4n) is 2.42. The zero-order valence-corrected chi connectivity index (χ0v) is 15.4. The Bertz CT molecular complexity index is 581. The Morgan fingerprint density at radius 3 is 2.62 bits per heavy atom. The van der Waals surface area contributed by atoms with Gasteiger partial charge in [0.2, 0.25) is 0 Å². The number of benzene rings is 1. The van der Waals surface area contributed by atoms with Gasteiger partial charge in [0.15, 0.2) is 5.96 Å². The summed E-state index contributed by atoms with van der Waals surface area (Å²) in [7, 11) is 1.82. The topological polar surface area (TPSA) is 48.5 Å². The van der Waals surface area contributed by atoms with Crippen LogP contribution in [0, 0.1) is 5.92 Å². The van der Waals surface area contributed by atoms with Crippen molar-refractivity contribution in [3.05, 3.63) is 52.7 Å². The van der Waals surface area contributed by atoms with E-state index in [1.165, 1.54) is 10.6 Å². The number of rotatable bonds is 9. The number of aliphatic imine (C=N–C) groups is 1. The number of nitrogens with zero attached hydrogens (tertiary/aromatic N) is 1. The normalized spacial score (nSPS) is 12.7. The first kappa shape index (κ1) is 18.3. The maximum atomic E-state index is 4.29. The van der Waals surface area contributed by atoms with Crippen LogP contribution in [0.25, 0.3) is 0 Å². The fraction of sp³-hybridized carbons (Fsp3) is 0.421. The first-order valence-corrected chi connectivity index (χ1v) is 9.41. The van der Waals surface area contributed by atoms with Crippen molar-refractivity contribution in [2.45, 2.75) is 19.8 Å². The summed E-state index contributed by atoms with van der Waals surface area (Å²) in [5.41, 5.74) is 1.17.